The van der Waals surface area contributed by atoms with Crippen molar-refractivity contribution in [3.8, 4) is 0 Å². The summed E-state index contributed by atoms with van der Waals surface area (Å²) in [5.41, 5.74) is 0. The fourth-order valence-electron chi connectivity index (χ4n) is 5.87. The molecule has 0 aliphatic carbocycles. The van der Waals surface area contributed by atoms with Crippen molar-refractivity contribution in [2.24, 2.45) is 0 Å². The van der Waals surface area contributed by atoms with E-state index < -0.39 is 20.0 Å². The molecule has 8 nitrogen and oxygen atoms in total. The number of hydrogen-bond acceptors (Lipinski definition) is 5. The molecule has 3 atom stereocenters. The molecule has 65 heavy (non-hydrogen) atoms. The van der Waals surface area contributed by atoms with E-state index in [4.69, 9.17) is 9.05 Å². The van der Waals surface area contributed by atoms with Crippen molar-refractivity contribution in [1.82, 2.24) is 5.32 Å². The summed E-state index contributed by atoms with van der Waals surface area (Å²) in [6.45, 7) is 4.55. The molecule has 0 saturated heterocycles. The molecule has 0 rings (SSSR count). The van der Waals surface area contributed by atoms with Crippen LogP contribution >= 0.6 is 7.82 Å². The maximum Gasteiger partial charge on any atom is 0.472 e. The molecule has 0 bridgehead atoms. The smallest absolute Gasteiger partial charge is 0.387 e. The van der Waals surface area contributed by atoms with Gasteiger partial charge in [0.25, 0.3) is 0 Å². The molecule has 0 spiro atoms. The Labute approximate surface area is 398 Å². The van der Waals surface area contributed by atoms with Gasteiger partial charge in [-0.2, -0.15) is 0 Å². The average molecular weight is 920 g/mol. The minimum Gasteiger partial charge on any atom is -0.387 e. The Morgan fingerprint density at radius 3 is 1.38 bits per heavy atom. The Morgan fingerprint density at radius 2 is 0.938 bits per heavy atom. The van der Waals surface area contributed by atoms with Crippen LogP contribution in [0.1, 0.15) is 149 Å². The highest BCUT2D eigenvalue weighted by Gasteiger charge is 2.27. The summed E-state index contributed by atoms with van der Waals surface area (Å²) in [6, 6.07) is -0.898. The van der Waals surface area contributed by atoms with Crippen molar-refractivity contribution in [1.29, 1.82) is 0 Å². The van der Waals surface area contributed by atoms with Gasteiger partial charge in [0.2, 0.25) is 5.91 Å². The lowest BCUT2D eigenvalue weighted by Gasteiger charge is -2.25. The van der Waals surface area contributed by atoms with Crippen LogP contribution in [0, 0.1) is 0 Å². The number of carbonyl (C=O) groups excluding carboxylic acids is 1. The largest absolute Gasteiger partial charge is 0.472 e. The van der Waals surface area contributed by atoms with Gasteiger partial charge in [0.05, 0.1) is 39.9 Å². The van der Waals surface area contributed by atoms with Gasteiger partial charge in [-0.15, -0.1) is 0 Å². The van der Waals surface area contributed by atoms with Gasteiger partial charge < -0.3 is 19.8 Å². The van der Waals surface area contributed by atoms with Gasteiger partial charge in [0, 0.05) is 6.42 Å². The summed E-state index contributed by atoms with van der Waals surface area (Å²) in [5.74, 6) is -0.233. The molecule has 0 saturated carbocycles. The van der Waals surface area contributed by atoms with Gasteiger partial charge in [0.15, 0.2) is 0 Å². The first-order valence-electron chi connectivity index (χ1n) is 24.7. The van der Waals surface area contributed by atoms with Crippen molar-refractivity contribution in [2.75, 3.05) is 40.9 Å². The van der Waals surface area contributed by atoms with E-state index in [2.05, 4.69) is 153 Å². The zero-order valence-corrected chi connectivity index (χ0v) is 42.3. The van der Waals surface area contributed by atoms with Crippen molar-refractivity contribution in [3.63, 3.8) is 0 Å². The molecule has 0 heterocycles. The highest BCUT2D eigenvalue weighted by Crippen LogP contribution is 2.43. The second kappa shape index (κ2) is 45.5. The first-order chi connectivity index (χ1) is 31.5. The van der Waals surface area contributed by atoms with Crippen molar-refractivity contribution in [3.05, 3.63) is 146 Å². The maximum atomic E-state index is 12.9. The SMILES string of the molecule is CC/C=C\C/C=C\C/C=C\C/C=C\C/C=C\C/C=C\C/C=C\C/C=C\C/C=C\CCCCCC(=O)NC(COP(=O)(O)OCC[N+](C)(C)C)C(O)/C=C/CC/C=C/CC/C=C/CCCC. The normalized spacial score (nSPS) is 15.4. The molecular formula is C56H92N2O6P+. The Morgan fingerprint density at radius 1 is 0.538 bits per heavy atom. The minimum atomic E-state index is -4.37. The molecule has 0 fully saturated rings. The van der Waals surface area contributed by atoms with E-state index in [9.17, 15) is 19.4 Å². The first-order valence-corrected chi connectivity index (χ1v) is 26.2. The van der Waals surface area contributed by atoms with E-state index in [1.54, 1.807) is 6.08 Å². The number of hydrogen-bond donors (Lipinski definition) is 3. The Hall–Kier alpha value is -3.62. The van der Waals surface area contributed by atoms with Crippen LogP contribution in [0.25, 0.3) is 0 Å². The van der Waals surface area contributed by atoms with Crippen molar-refractivity contribution in [2.45, 2.75) is 161 Å². The second-order valence-corrected chi connectivity index (χ2v) is 18.5. The number of aliphatic hydroxyl groups is 1. The third-order valence-corrected chi connectivity index (χ3v) is 10.8. The summed E-state index contributed by atoms with van der Waals surface area (Å²) >= 11 is 0. The average Bonchev–Trinajstić information content (AvgIpc) is 3.26. The zero-order chi connectivity index (χ0) is 47.8. The number of allylic oxidation sites excluding steroid dienone is 23. The molecular weight excluding hydrogens is 828 g/mol. The number of quaternary nitrogens is 1. The predicted octanol–water partition coefficient (Wildman–Crippen LogP) is 14.6. The molecule has 366 valence electrons. The molecule has 9 heteroatoms. The molecule has 0 aliphatic heterocycles. The van der Waals surface area contributed by atoms with Gasteiger partial charge in [-0.3, -0.25) is 13.8 Å². The van der Waals surface area contributed by atoms with Crippen molar-refractivity contribution >= 4 is 13.7 Å². The van der Waals surface area contributed by atoms with Crippen LogP contribution in [0.2, 0.25) is 0 Å². The van der Waals surface area contributed by atoms with Crippen LogP contribution in [0.4, 0.5) is 0 Å². The number of unbranched alkanes of at least 4 members (excludes halogenated alkanes) is 7. The van der Waals surface area contributed by atoms with Crippen LogP contribution in [0.15, 0.2) is 146 Å². The molecule has 0 radical (unpaired) electrons. The lowest BCUT2D eigenvalue weighted by atomic mass is 10.1. The fourth-order valence-corrected chi connectivity index (χ4v) is 6.61. The van der Waals surface area contributed by atoms with Crippen LogP contribution in [0.3, 0.4) is 0 Å². The van der Waals surface area contributed by atoms with Gasteiger partial charge in [-0.25, -0.2) is 4.57 Å². The van der Waals surface area contributed by atoms with Gasteiger partial charge >= 0.3 is 7.82 Å². The zero-order valence-electron chi connectivity index (χ0n) is 41.4. The summed E-state index contributed by atoms with van der Waals surface area (Å²) < 4.78 is 23.5. The number of carbonyl (C=O) groups is 1. The Bertz CT molecular complexity index is 1560. The Kier molecular flexibility index (Phi) is 43.0. The quantitative estimate of drug-likeness (QED) is 0.0244. The number of aliphatic hydroxyl groups excluding tert-OH is 1. The lowest BCUT2D eigenvalue weighted by Crippen LogP contribution is -2.45. The lowest BCUT2D eigenvalue weighted by molar-refractivity contribution is -0.870. The van der Waals surface area contributed by atoms with Gasteiger partial charge in [0.1, 0.15) is 13.2 Å². The fraction of sp³-hybridized carbons (Fsp3) is 0.554. The third kappa shape index (κ3) is 48.1. The molecule has 3 N–H and O–H groups in total. The molecule has 0 aromatic rings. The van der Waals surface area contributed by atoms with E-state index >= 15 is 0 Å². The summed E-state index contributed by atoms with van der Waals surface area (Å²) in [5, 5.41) is 13.8. The topological polar surface area (TPSA) is 105 Å². The predicted molar refractivity (Wildman–Crippen MR) is 281 cm³/mol. The first kappa shape index (κ1) is 61.4. The number of phosphoric acid groups is 1. The van der Waals surface area contributed by atoms with Crippen LogP contribution in [-0.2, 0) is 18.4 Å². The Balaban J connectivity index is 4.38. The van der Waals surface area contributed by atoms with Crippen LogP contribution < -0.4 is 5.32 Å². The van der Waals surface area contributed by atoms with Gasteiger partial charge in [-0.1, -0.05) is 179 Å². The van der Waals surface area contributed by atoms with E-state index in [-0.39, 0.29) is 19.1 Å². The van der Waals surface area contributed by atoms with E-state index in [0.29, 0.717) is 23.9 Å². The minimum absolute atomic E-state index is 0.0374. The van der Waals surface area contributed by atoms with Crippen LogP contribution in [0.5, 0.6) is 0 Å². The van der Waals surface area contributed by atoms with E-state index in [1.807, 2.05) is 27.2 Å². The monoisotopic (exact) mass is 920 g/mol. The summed E-state index contributed by atoms with van der Waals surface area (Å²) in [4.78, 5) is 23.1. The summed E-state index contributed by atoms with van der Waals surface area (Å²) in [7, 11) is 1.49. The van der Waals surface area contributed by atoms with E-state index in [0.717, 1.165) is 109 Å². The summed E-state index contributed by atoms with van der Waals surface area (Å²) in [6.07, 6.45) is 70.8. The molecule has 0 aromatic carbocycles. The second-order valence-electron chi connectivity index (χ2n) is 17.1. The van der Waals surface area contributed by atoms with Crippen molar-refractivity contribution < 1.29 is 32.9 Å². The number of nitrogens with one attached hydrogen (secondary N) is 1. The highest BCUT2D eigenvalue weighted by molar-refractivity contribution is 7.47. The molecule has 3 unspecified atom stereocenters. The standard InChI is InChI=1S/C56H91N2O6P/c1-6-8-10-12-14-16-18-20-21-22-23-24-25-26-27-28-29-30-31-32-33-34-35-36-37-38-40-42-44-46-48-50-56(60)57-54(53-64-65(61,62)63-52-51-58(3,4)5)55(59)49-47-45-43-41-39-19-17-15-13-11-9-7-2/h8,10,13-16,20-21,23-24,26-27,29-30,32-33,35-36,38-41,47,49,54-55,59H,6-7,9,11-12,17-19,22,25,28,31,34,37,42-46,48,50-53H2,1-5H3,(H-,57,60,61,62)/p+1/b10-8-,15-13+,16-14-,21-20-,24-23-,27-26-,30-29-,33-32-,36-35-,40-38-,41-39+,49-47+. The number of amides is 1. The maximum absolute atomic E-state index is 12.9. The molecule has 0 aliphatic rings. The highest BCUT2D eigenvalue weighted by atomic mass is 31.2. The number of phosphoric ester groups is 1. The van der Waals surface area contributed by atoms with E-state index in [1.165, 1.54) is 12.8 Å². The molecule has 0 aromatic heterocycles. The number of rotatable bonds is 42. The van der Waals surface area contributed by atoms with Crippen LogP contribution in [-0.4, -0.2) is 73.4 Å². The number of likely N-dealkylation sites (N-methyl/N-ethyl adjacent to an activating group) is 1. The van der Waals surface area contributed by atoms with Gasteiger partial charge in [-0.05, 0) is 109 Å². The number of nitrogens with zero attached hydrogens (tertiary/aromatic N) is 1. The molecule has 1 amide bonds. The third-order valence-electron chi connectivity index (χ3n) is 9.77.